The minimum absolute atomic E-state index is 0.705. The van der Waals surface area contributed by atoms with E-state index in [-0.39, 0.29) is 0 Å². The van der Waals surface area contributed by atoms with E-state index in [9.17, 15) is 15.0 Å². The molecule has 0 bridgehead atoms. The predicted octanol–water partition coefficient (Wildman–Crippen LogP) is 5.49. The molecule has 0 radical (unpaired) electrons. The fraction of sp³-hybridized carbons (Fsp3) is 0.920. The van der Waals surface area contributed by atoms with Crippen LogP contribution >= 0.6 is 0 Å². The zero-order valence-corrected chi connectivity index (χ0v) is 19.8. The van der Waals surface area contributed by atoms with Crippen LogP contribution in [0, 0.1) is 0 Å². The first-order valence-corrected chi connectivity index (χ1v) is 12.8. The Morgan fingerprint density at radius 1 is 0.900 bits per heavy atom. The molecule has 0 amide bonds. The van der Waals surface area contributed by atoms with Crippen LogP contribution in [-0.2, 0) is 4.79 Å². The normalized spacial score (nSPS) is 16.7. The van der Waals surface area contributed by atoms with Crippen LogP contribution in [0.2, 0.25) is 0 Å². The first kappa shape index (κ1) is 26.9. The van der Waals surface area contributed by atoms with Crippen molar-refractivity contribution in [1.29, 1.82) is 0 Å². The van der Waals surface area contributed by atoms with Crippen LogP contribution < -0.4 is 5.32 Å². The van der Waals surface area contributed by atoms with Crippen molar-refractivity contribution in [1.82, 2.24) is 5.32 Å². The summed E-state index contributed by atoms with van der Waals surface area (Å²) in [6.45, 7) is 5.71. The van der Waals surface area contributed by atoms with E-state index in [4.69, 9.17) is 0 Å². The molecule has 1 aliphatic rings. The lowest BCUT2D eigenvalue weighted by Gasteiger charge is -2.31. The maximum absolute atomic E-state index is 11.4. The molecule has 0 fully saturated rings. The maximum Gasteiger partial charge on any atom is 0.337 e. The zero-order chi connectivity index (χ0) is 22.1. The fourth-order valence-electron chi connectivity index (χ4n) is 4.56. The Hall–Kier alpha value is -1.10. The van der Waals surface area contributed by atoms with Crippen molar-refractivity contribution in [2.24, 2.45) is 0 Å². The highest BCUT2D eigenvalue weighted by molar-refractivity contribution is 5.73. The smallest absolute Gasteiger partial charge is 0.337 e. The molecule has 2 atom stereocenters. The molecule has 1 heterocycles. The molecule has 0 aromatic carbocycles. The lowest BCUT2D eigenvalue weighted by atomic mass is 9.87. The first-order chi connectivity index (χ1) is 14.5. The van der Waals surface area contributed by atoms with Gasteiger partial charge in [-0.15, -0.1) is 0 Å². The van der Waals surface area contributed by atoms with Crippen LogP contribution in [0.1, 0.15) is 123 Å². The summed E-state index contributed by atoms with van der Waals surface area (Å²) in [6, 6.07) is 0. The van der Waals surface area contributed by atoms with Crippen LogP contribution in [0.4, 0.5) is 0 Å². The number of carboxylic acids is 1. The Bertz CT molecular complexity index is 481. The van der Waals surface area contributed by atoms with Crippen molar-refractivity contribution in [2.75, 3.05) is 13.1 Å². The summed E-state index contributed by atoms with van der Waals surface area (Å²) in [7, 11) is 0. The zero-order valence-electron chi connectivity index (χ0n) is 19.8. The highest BCUT2D eigenvalue weighted by Gasteiger charge is 2.44. The van der Waals surface area contributed by atoms with Crippen LogP contribution in [-0.4, -0.2) is 51.8 Å². The quantitative estimate of drug-likeness (QED) is 0.178. The van der Waals surface area contributed by atoms with Crippen LogP contribution in [0.3, 0.4) is 0 Å². The molecule has 5 heteroatoms. The van der Waals surface area contributed by atoms with E-state index in [0.717, 1.165) is 25.9 Å². The standard InChI is InChI=1S/C25H48N2O3/c1-3-4-5-6-7-8-9-10-11-12-13-14-15-16-17-18-19-25(2,23(28)24(29)30)27-21-20-26-22-27/h22-23,28H,3-21H2,1-2H3,(H,29,30)/p+1. The third-order valence-corrected chi connectivity index (χ3v) is 6.76. The lowest BCUT2D eigenvalue weighted by Crippen LogP contribution is -2.53. The molecule has 0 aliphatic carbocycles. The molecule has 5 nitrogen and oxygen atoms in total. The molecule has 3 N–H and O–H groups in total. The second-order valence-corrected chi connectivity index (χ2v) is 9.43. The van der Waals surface area contributed by atoms with E-state index >= 15 is 0 Å². The van der Waals surface area contributed by atoms with Crippen LogP contribution in [0.5, 0.6) is 0 Å². The summed E-state index contributed by atoms with van der Waals surface area (Å²) in [4.78, 5) is 11.4. The monoisotopic (exact) mass is 425 g/mol. The minimum Gasteiger partial charge on any atom is -0.479 e. The van der Waals surface area contributed by atoms with Gasteiger partial charge < -0.3 is 10.2 Å². The van der Waals surface area contributed by atoms with Crippen molar-refractivity contribution >= 4 is 12.3 Å². The summed E-state index contributed by atoms with van der Waals surface area (Å²) in [6.07, 6.45) is 22.4. The SMILES string of the molecule is CCCCCCCCCCCCCCCCCCC(C)(C(O)C(=O)O)[N+]1=CNCC1. The summed E-state index contributed by atoms with van der Waals surface area (Å²) >= 11 is 0. The third kappa shape index (κ3) is 10.8. The molecule has 0 saturated carbocycles. The van der Waals surface area contributed by atoms with Gasteiger partial charge >= 0.3 is 5.97 Å². The Balaban J connectivity index is 2.00. The van der Waals surface area contributed by atoms with Gasteiger partial charge in [-0.2, -0.15) is 0 Å². The van der Waals surface area contributed by atoms with Gasteiger partial charge in [-0.3, -0.25) is 9.89 Å². The second kappa shape index (κ2) is 16.6. The number of aliphatic carboxylic acids is 1. The number of unbranched alkanes of at least 4 members (excludes halogenated alkanes) is 15. The molecule has 1 rings (SSSR count). The van der Waals surface area contributed by atoms with Crippen molar-refractivity contribution in [3.63, 3.8) is 0 Å². The van der Waals surface area contributed by atoms with Gasteiger partial charge in [0.25, 0.3) is 0 Å². The number of rotatable bonds is 20. The predicted molar refractivity (Wildman–Crippen MR) is 125 cm³/mol. The van der Waals surface area contributed by atoms with Gasteiger partial charge in [0.2, 0.25) is 6.34 Å². The van der Waals surface area contributed by atoms with Crippen LogP contribution in [0.25, 0.3) is 0 Å². The Kier molecular flexibility index (Phi) is 14.9. The van der Waals surface area contributed by atoms with E-state index in [2.05, 4.69) is 12.2 Å². The van der Waals surface area contributed by atoms with Gasteiger partial charge in [0, 0.05) is 0 Å². The van der Waals surface area contributed by atoms with E-state index in [1.54, 1.807) is 0 Å². The number of carbonyl (C=O) groups is 1. The summed E-state index contributed by atoms with van der Waals surface area (Å²) in [5.41, 5.74) is -0.731. The summed E-state index contributed by atoms with van der Waals surface area (Å²) < 4.78 is 1.97. The maximum atomic E-state index is 11.4. The molecule has 0 aromatic heterocycles. The number of nitrogens with zero attached hydrogens (tertiary/aromatic N) is 1. The van der Waals surface area contributed by atoms with E-state index in [0.29, 0.717) is 6.42 Å². The van der Waals surface area contributed by atoms with Gasteiger partial charge in [0.15, 0.2) is 6.10 Å². The van der Waals surface area contributed by atoms with Gasteiger partial charge in [-0.1, -0.05) is 103 Å². The van der Waals surface area contributed by atoms with Crippen molar-refractivity contribution in [3.8, 4) is 0 Å². The number of aliphatic hydroxyl groups excluding tert-OH is 1. The van der Waals surface area contributed by atoms with E-state index < -0.39 is 17.6 Å². The number of nitrogens with one attached hydrogen (secondary N) is 1. The molecule has 30 heavy (non-hydrogen) atoms. The van der Waals surface area contributed by atoms with E-state index in [1.165, 1.54) is 89.9 Å². The first-order valence-electron chi connectivity index (χ1n) is 12.8. The molecule has 176 valence electrons. The van der Waals surface area contributed by atoms with Crippen molar-refractivity contribution in [2.45, 2.75) is 135 Å². The highest BCUT2D eigenvalue weighted by Crippen LogP contribution is 2.25. The van der Waals surface area contributed by atoms with Gasteiger partial charge in [0.05, 0.1) is 0 Å². The molecule has 2 unspecified atom stereocenters. The van der Waals surface area contributed by atoms with Gasteiger partial charge in [-0.05, 0) is 19.8 Å². The van der Waals surface area contributed by atoms with Gasteiger partial charge in [0.1, 0.15) is 18.6 Å². The number of hydrogen-bond donors (Lipinski definition) is 3. The minimum atomic E-state index is -1.36. The molecule has 1 aliphatic heterocycles. The highest BCUT2D eigenvalue weighted by atomic mass is 16.4. The summed E-state index contributed by atoms with van der Waals surface area (Å²) in [5, 5.41) is 22.7. The fourth-order valence-corrected chi connectivity index (χ4v) is 4.56. The molecule has 0 aromatic rings. The Labute approximate surface area is 185 Å². The van der Waals surface area contributed by atoms with Crippen molar-refractivity contribution in [3.05, 3.63) is 0 Å². The lowest BCUT2D eigenvalue weighted by molar-refractivity contribution is -0.603. The molecular formula is C25H49N2O3+. The molecule has 0 saturated heterocycles. The van der Waals surface area contributed by atoms with E-state index in [1.807, 2.05) is 17.8 Å². The number of carboxylic acid groups (broad SMARTS) is 1. The Morgan fingerprint density at radius 2 is 1.33 bits per heavy atom. The van der Waals surface area contributed by atoms with Gasteiger partial charge in [-0.25, -0.2) is 4.79 Å². The topological polar surface area (TPSA) is 72.6 Å². The largest absolute Gasteiger partial charge is 0.479 e. The average molecular weight is 426 g/mol. The number of aliphatic hydroxyl groups is 1. The summed E-state index contributed by atoms with van der Waals surface area (Å²) in [5.74, 6) is -1.13. The number of hydrogen-bond acceptors (Lipinski definition) is 3. The second-order valence-electron chi connectivity index (χ2n) is 9.43. The average Bonchev–Trinajstić information content (AvgIpc) is 3.28. The third-order valence-electron chi connectivity index (χ3n) is 6.76. The van der Waals surface area contributed by atoms with Crippen LogP contribution in [0.15, 0.2) is 0 Å². The Morgan fingerprint density at radius 3 is 1.70 bits per heavy atom. The molecule has 0 spiro atoms. The molecular weight excluding hydrogens is 376 g/mol. The van der Waals surface area contributed by atoms with Crippen molar-refractivity contribution < 1.29 is 19.6 Å².